The van der Waals surface area contributed by atoms with Crippen LogP contribution in [0, 0.1) is 0 Å². The first-order valence-corrected chi connectivity index (χ1v) is 11.5. The molecule has 1 saturated carbocycles. The second-order valence-corrected chi connectivity index (χ2v) is 8.44. The highest BCUT2D eigenvalue weighted by Crippen LogP contribution is 2.21. The number of nitrogens with one attached hydrogen (secondary N) is 3. The molecule has 1 fully saturated rings. The average molecular weight is 455 g/mol. The van der Waals surface area contributed by atoms with E-state index in [2.05, 4.69) is 25.9 Å². The predicted molar refractivity (Wildman–Crippen MR) is 128 cm³/mol. The van der Waals surface area contributed by atoms with Gasteiger partial charge >= 0.3 is 12.0 Å². The van der Waals surface area contributed by atoms with Crippen molar-refractivity contribution in [3.63, 3.8) is 0 Å². The number of carbonyl (C=O) groups excluding carboxylic acids is 2. The van der Waals surface area contributed by atoms with E-state index < -0.39 is 12.0 Å². The summed E-state index contributed by atoms with van der Waals surface area (Å²) >= 11 is 0. The minimum absolute atomic E-state index is 0.0525. The van der Waals surface area contributed by atoms with Gasteiger partial charge in [-0.15, -0.1) is 0 Å². The van der Waals surface area contributed by atoms with Gasteiger partial charge in [0.15, 0.2) is 0 Å². The van der Waals surface area contributed by atoms with Crippen molar-refractivity contribution in [1.82, 2.24) is 20.6 Å². The third kappa shape index (κ3) is 7.62. The summed E-state index contributed by atoms with van der Waals surface area (Å²) in [6, 6.07) is 10.7. The standard InChI is InChI=1S/C24H34N6O3/c1-4-33-22(31)20(16-17-8-6-5-7-9-17)28-24(32)27-19-12-10-18(11-13-19)26-23-25-15-14-21(29-23)30(2)3/h5-9,14-15,18-20H,4,10-13,16H2,1-3H3,(H,25,26,29)(H2,27,28,32)/t18-,19+,20-/m0/s1. The number of esters is 1. The fourth-order valence-corrected chi connectivity index (χ4v) is 3.90. The molecule has 9 heteroatoms. The van der Waals surface area contributed by atoms with Crippen LogP contribution in [0.4, 0.5) is 16.6 Å². The average Bonchev–Trinajstić information content (AvgIpc) is 2.81. The Morgan fingerprint density at radius 1 is 1.09 bits per heavy atom. The molecule has 33 heavy (non-hydrogen) atoms. The van der Waals surface area contributed by atoms with E-state index in [0.717, 1.165) is 37.1 Å². The summed E-state index contributed by atoms with van der Waals surface area (Å²) in [6.07, 6.45) is 5.59. The van der Waals surface area contributed by atoms with Gasteiger partial charge in [0, 0.05) is 38.8 Å². The molecule has 1 aromatic carbocycles. The first-order chi connectivity index (χ1) is 15.9. The zero-order valence-corrected chi connectivity index (χ0v) is 19.6. The van der Waals surface area contributed by atoms with Gasteiger partial charge in [-0.2, -0.15) is 4.98 Å². The molecule has 0 unspecified atom stereocenters. The van der Waals surface area contributed by atoms with Crippen LogP contribution >= 0.6 is 0 Å². The van der Waals surface area contributed by atoms with Crippen LogP contribution in [0.1, 0.15) is 38.2 Å². The van der Waals surface area contributed by atoms with Crippen molar-refractivity contribution in [2.24, 2.45) is 0 Å². The van der Waals surface area contributed by atoms with E-state index in [-0.39, 0.29) is 24.7 Å². The molecule has 1 heterocycles. The summed E-state index contributed by atoms with van der Waals surface area (Å²) in [6.45, 7) is 2.03. The fraction of sp³-hybridized carbons (Fsp3) is 0.500. The van der Waals surface area contributed by atoms with E-state index in [9.17, 15) is 9.59 Å². The molecule has 1 aliphatic rings. The molecule has 0 bridgehead atoms. The molecular formula is C24H34N6O3. The summed E-state index contributed by atoms with van der Waals surface area (Å²) in [5, 5.41) is 9.22. The zero-order valence-electron chi connectivity index (χ0n) is 19.6. The lowest BCUT2D eigenvalue weighted by Gasteiger charge is -2.30. The molecule has 1 aliphatic carbocycles. The maximum absolute atomic E-state index is 12.6. The molecule has 1 atom stereocenters. The Balaban J connectivity index is 1.48. The van der Waals surface area contributed by atoms with Crippen LogP contribution in [0.2, 0.25) is 0 Å². The number of nitrogens with zero attached hydrogens (tertiary/aromatic N) is 3. The fourth-order valence-electron chi connectivity index (χ4n) is 3.90. The number of urea groups is 1. The second-order valence-electron chi connectivity index (χ2n) is 8.44. The summed E-state index contributed by atoms with van der Waals surface area (Å²) in [4.78, 5) is 35.8. The first kappa shape index (κ1) is 24.3. The number of anilines is 2. The Hall–Kier alpha value is -3.36. The third-order valence-corrected chi connectivity index (χ3v) is 5.65. The van der Waals surface area contributed by atoms with Crippen LogP contribution in [-0.4, -0.2) is 60.8 Å². The molecule has 0 aliphatic heterocycles. The van der Waals surface area contributed by atoms with Gasteiger partial charge < -0.3 is 25.6 Å². The minimum Gasteiger partial charge on any atom is -0.464 e. The summed E-state index contributed by atoms with van der Waals surface area (Å²) in [5.74, 6) is 1.05. The Bertz CT molecular complexity index is 900. The summed E-state index contributed by atoms with van der Waals surface area (Å²) in [7, 11) is 3.89. The number of amides is 2. The van der Waals surface area contributed by atoms with Crippen molar-refractivity contribution in [3.05, 3.63) is 48.2 Å². The minimum atomic E-state index is -0.730. The molecule has 0 spiro atoms. The maximum Gasteiger partial charge on any atom is 0.329 e. The molecule has 0 radical (unpaired) electrons. The van der Waals surface area contributed by atoms with Gasteiger partial charge in [0.05, 0.1) is 6.61 Å². The zero-order chi connectivity index (χ0) is 23.6. The lowest BCUT2D eigenvalue weighted by atomic mass is 9.91. The Morgan fingerprint density at radius 2 is 1.79 bits per heavy atom. The van der Waals surface area contributed by atoms with Gasteiger partial charge in [0.2, 0.25) is 5.95 Å². The van der Waals surface area contributed by atoms with Gasteiger partial charge in [-0.25, -0.2) is 14.6 Å². The maximum atomic E-state index is 12.6. The highest BCUT2D eigenvalue weighted by atomic mass is 16.5. The largest absolute Gasteiger partial charge is 0.464 e. The van der Waals surface area contributed by atoms with Gasteiger partial charge in [-0.3, -0.25) is 0 Å². The van der Waals surface area contributed by atoms with Crippen LogP contribution in [0.25, 0.3) is 0 Å². The van der Waals surface area contributed by atoms with Crippen molar-refractivity contribution in [2.75, 3.05) is 30.9 Å². The van der Waals surface area contributed by atoms with Crippen molar-refractivity contribution < 1.29 is 14.3 Å². The van der Waals surface area contributed by atoms with Gasteiger partial charge in [-0.1, -0.05) is 30.3 Å². The number of rotatable bonds is 9. The molecule has 178 valence electrons. The number of carbonyl (C=O) groups is 2. The third-order valence-electron chi connectivity index (χ3n) is 5.65. The molecular weight excluding hydrogens is 420 g/mol. The molecule has 9 nitrogen and oxygen atoms in total. The Morgan fingerprint density at radius 3 is 2.45 bits per heavy atom. The summed E-state index contributed by atoms with van der Waals surface area (Å²) in [5.41, 5.74) is 0.961. The predicted octanol–water partition coefficient (Wildman–Crippen LogP) is 2.74. The highest BCUT2D eigenvalue weighted by Gasteiger charge is 2.26. The first-order valence-electron chi connectivity index (χ1n) is 11.5. The van der Waals surface area contributed by atoms with E-state index in [1.165, 1.54) is 0 Å². The smallest absolute Gasteiger partial charge is 0.329 e. The Kier molecular flexibility index (Phi) is 8.86. The highest BCUT2D eigenvalue weighted by molar-refractivity contribution is 5.84. The van der Waals surface area contributed by atoms with Crippen LogP contribution < -0.4 is 20.9 Å². The van der Waals surface area contributed by atoms with Gasteiger partial charge in [-0.05, 0) is 44.2 Å². The number of hydrogen-bond donors (Lipinski definition) is 3. The lowest BCUT2D eigenvalue weighted by Crippen LogP contribution is -2.51. The van der Waals surface area contributed by atoms with Crippen molar-refractivity contribution >= 4 is 23.8 Å². The van der Waals surface area contributed by atoms with Gasteiger partial charge in [0.25, 0.3) is 0 Å². The number of hydrogen-bond acceptors (Lipinski definition) is 7. The van der Waals surface area contributed by atoms with E-state index >= 15 is 0 Å². The van der Waals surface area contributed by atoms with Crippen LogP contribution in [0.5, 0.6) is 0 Å². The number of benzene rings is 1. The molecule has 0 saturated heterocycles. The topological polar surface area (TPSA) is 108 Å². The van der Waals surface area contributed by atoms with Crippen molar-refractivity contribution in [2.45, 2.75) is 57.2 Å². The molecule has 1 aromatic heterocycles. The van der Waals surface area contributed by atoms with Crippen molar-refractivity contribution in [3.8, 4) is 0 Å². The molecule has 2 amide bonds. The van der Waals surface area contributed by atoms with E-state index in [1.807, 2.05) is 55.4 Å². The summed E-state index contributed by atoms with van der Waals surface area (Å²) < 4.78 is 5.16. The molecule has 2 aromatic rings. The molecule has 3 N–H and O–H groups in total. The SMILES string of the molecule is CCOC(=O)[C@H](Cc1ccccc1)NC(=O)N[C@H]1CC[C@@H](Nc2nccc(N(C)C)n2)CC1. The quantitative estimate of drug-likeness (QED) is 0.500. The number of ether oxygens (including phenoxy) is 1. The van der Waals surface area contributed by atoms with Crippen LogP contribution in [0.3, 0.4) is 0 Å². The van der Waals surface area contributed by atoms with Crippen molar-refractivity contribution in [1.29, 1.82) is 0 Å². The second kappa shape index (κ2) is 12.0. The van der Waals surface area contributed by atoms with E-state index in [0.29, 0.717) is 12.4 Å². The van der Waals surface area contributed by atoms with Gasteiger partial charge in [0.1, 0.15) is 11.9 Å². The van der Waals surface area contributed by atoms with Crippen LogP contribution in [-0.2, 0) is 16.0 Å². The number of aromatic nitrogens is 2. The lowest BCUT2D eigenvalue weighted by molar-refractivity contribution is -0.145. The van der Waals surface area contributed by atoms with Crippen LogP contribution in [0.15, 0.2) is 42.6 Å². The molecule has 3 rings (SSSR count). The Labute approximate surface area is 195 Å². The monoisotopic (exact) mass is 454 g/mol. The normalized spacial score (nSPS) is 18.6. The van der Waals surface area contributed by atoms with E-state index in [1.54, 1.807) is 13.1 Å². The van der Waals surface area contributed by atoms with E-state index in [4.69, 9.17) is 4.74 Å².